The maximum absolute atomic E-state index is 16.1. The molecule has 0 spiro atoms. The summed E-state index contributed by atoms with van der Waals surface area (Å²) in [6.07, 6.45) is 4.63. The van der Waals surface area contributed by atoms with Crippen molar-refractivity contribution in [3.8, 4) is 5.75 Å². The number of aliphatic hydroxyl groups is 1. The van der Waals surface area contributed by atoms with E-state index in [2.05, 4.69) is 47.2 Å². The van der Waals surface area contributed by atoms with Gasteiger partial charge in [0, 0.05) is 79.3 Å². The smallest absolute Gasteiger partial charge is 0.246 e. The number of nitrogens with two attached hydrogens (primary N) is 2. The Morgan fingerprint density at radius 2 is 1.30 bits per heavy atom. The minimum absolute atomic E-state index is 0.00260. The molecular formula is C72H88F3N13O12. The number of methoxy groups -OCH3 is 1. The average molecular weight is 1380 g/mol. The fraction of sp³-hybridized carbons (Fsp3) is 0.444. The zero-order valence-electron chi connectivity index (χ0n) is 56.3. The fourth-order valence-electron chi connectivity index (χ4n) is 13.1. The van der Waals surface area contributed by atoms with E-state index in [0.29, 0.717) is 83.9 Å². The van der Waals surface area contributed by atoms with Gasteiger partial charge >= 0.3 is 0 Å². The zero-order chi connectivity index (χ0) is 71.9. The number of carbonyl (C=O) groups excluding carboxylic acids is 10. The maximum atomic E-state index is 16.1. The Balaban J connectivity index is 1.06. The van der Waals surface area contributed by atoms with Crippen LogP contribution in [-0.4, -0.2) is 177 Å². The number of alkyl halides is 1. The number of nitrogens with zero attached hydrogens (tertiary/aromatic N) is 2. The molecule has 0 saturated carbocycles. The van der Waals surface area contributed by atoms with Crippen LogP contribution >= 0.6 is 0 Å². The number of primary amides is 1. The molecule has 2 saturated heterocycles. The monoisotopic (exact) mass is 1380 g/mol. The number of aromatic nitrogens is 2. The van der Waals surface area contributed by atoms with Crippen LogP contribution in [-0.2, 0) is 80.0 Å². The second-order valence-corrected chi connectivity index (χ2v) is 26.2. The number of fused-ring (bicyclic) bond motifs is 30. The number of aromatic amines is 2. The lowest BCUT2D eigenvalue weighted by Crippen LogP contribution is -2.64. The Morgan fingerprint density at radius 3 is 1.93 bits per heavy atom. The number of nitrogens with one attached hydrogen (secondary N) is 9. The lowest BCUT2D eigenvalue weighted by Gasteiger charge is -2.37. The van der Waals surface area contributed by atoms with Gasteiger partial charge in [-0.15, -0.1) is 0 Å². The first-order chi connectivity index (χ1) is 47.8. The number of hydrogen-bond acceptors (Lipinski definition) is 13. The highest BCUT2D eigenvalue weighted by atomic mass is 19.1. The molecule has 0 aliphatic carbocycles. The van der Waals surface area contributed by atoms with E-state index >= 15 is 18.8 Å². The molecule has 4 aromatic carbocycles. The van der Waals surface area contributed by atoms with Crippen molar-refractivity contribution in [3.63, 3.8) is 0 Å². The van der Waals surface area contributed by atoms with E-state index < -0.39 is 156 Å². The van der Waals surface area contributed by atoms with Gasteiger partial charge < -0.3 is 78.3 Å². The molecule has 534 valence electrons. The molecule has 4 aliphatic rings. The fourth-order valence-corrected chi connectivity index (χ4v) is 13.1. The van der Waals surface area contributed by atoms with E-state index in [1.165, 1.54) is 81.6 Å². The van der Waals surface area contributed by atoms with Gasteiger partial charge in [0.05, 0.1) is 19.8 Å². The molecule has 11 atom stereocenters. The Morgan fingerprint density at radius 1 is 0.690 bits per heavy atom. The van der Waals surface area contributed by atoms with Crippen molar-refractivity contribution >= 4 is 80.9 Å². The molecule has 6 aromatic rings. The molecule has 10 rings (SSSR count). The minimum Gasteiger partial charge on any atom is -0.497 e. The van der Waals surface area contributed by atoms with Crippen molar-refractivity contribution in [3.05, 3.63) is 149 Å². The lowest BCUT2D eigenvalue weighted by atomic mass is 9.94. The third kappa shape index (κ3) is 18.6. The van der Waals surface area contributed by atoms with Gasteiger partial charge in [0.25, 0.3) is 0 Å². The largest absolute Gasteiger partial charge is 0.497 e. The summed E-state index contributed by atoms with van der Waals surface area (Å²) >= 11 is 0. The molecule has 0 radical (unpaired) electrons. The predicted octanol–water partition coefficient (Wildman–Crippen LogP) is 3.22. The number of hydrogen-bond donors (Lipinski definition) is 12. The van der Waals surface area contributed by atoms with E-state index in [4.69, 9.17) is 16.2 Å². The van der Waals surface area contributed by atoms with Crippen LogP contribution in [0.15, 0.2) is 109 Å². The SMILES string of the molecule is COc1ccc(C[C@@H]2NC(=O)[C@H]([C@@H](C)O)NC(=O)[C@@H]3C[C@H](F)CN3C(=O)[C@H](Cc3c[nH]c4ccc(F)cc34)NC(=O)[C@H](Cc3c[nH]c4ccc(F)cc34)NC(=O)[C@@H](C)NC(=O)[C@H](CCCCN)NC(=O)CCCC=CCc3ccc(cc3)C[C@@H](C(N)=O)NC(=O)[C@]3(C)CCCN3C2=O)cc1. The summed E-state index contributed by atoms with van der Waals surface area (Å²) in [5, 5.41) is 30.7. The molecule has 4 aliphatic heterocycles. The second kappa shape index (κ2) is 33.6. The topological polar surface area (TPSA) is 374 Å². The van der Waals surface area contributed by atoms with Crippen LogP contribution in [0.4, 0.5) is 13.2 Å². The van der Waals surface area contributed by atoms with Gasteiger partial charge in [-0.25, -0.2) is 13.2 Å². The Bertz CT molecular complexity index is 4000. The van der Waals surface area contributed by atoms with Gasteiger partial charge in [-0.2, -0.15) is 0 Å². The number of benzene rings is 4. The number of rotatable bonds is 13. The van der Waals surface area contributed by atoms with Gasteiger partial charge in [-0.1, -0.05) is 48.6 Å². The third-order valence-electron chi connectivity index (χ3n) is 18.8. The van der Waals surface area contributed by atoms with Gasteiger partial charge in [0.15, 0.2) is 0 Å². The normalized spacial score (nSPS) is 25.2. The summed E-state index contributed by atoms with van der Waals surface area (Å²) in [4.78, 5) is 153. The van der Waals surface area contributed by atoms with Gasteiger partial charge in [-0.3, -0.25) is 47.9 Å². The number of amides is 10. The summed E-state index contributed by atoms with van der Waals surface area (Å²) in [6.45, 7) is 3.67. The molecule has 6 heterocycles. The number of allylic oxidation sites excluding steroid dienone is 2. The molecule has 2 aromatic heterocycles. The summed E-state index contributed by atoms with van der Waals surface area (Å²) in [5.74, 6) is -9.42. The molecule has 28 heteroatoms. The van der Waals surface area contributed by atoms with E-state index in [1.807, 2.05) is 24.3 Å². The number of unbranched alkanes of at least 4 members (excludes halogenated alkanes) is 1. The van der Waals surface area contributed by atoms with Crippen molar-refractivity contribution in [1.29, 1.82) is 0 Å². The first-order valence-electron chi connectivity index (χ1n) is 33.7. The molecule has 2 bridgehead atoms. The van der Waals surface area contributed by atoms with Crippen LogP contribution < -0.4 is 53.4 Å². The van der Waals surface area contributed by atoms with Crippen molar-refractivity contribution in [2.75, 3.05) is 26.7 Å². The Labute approximate surface area is 576 Å². The first kappa shape index (κ1) is 74.1. The Kier molecular flexibility index (Phi) is 24.9. The highest BCUT2D eigenvalue weighted by Gasteiger charge is 2.49. The first-order valence-corrected chi connectivity index (χ1v) is 33.7. The van der Waals surface area contributed by atoms with Crippen LogP contribution in [0.3, 0.4) is 0 Å². The van der Waals surface area contributed by atoms with Crippen molar-refractivity contribution in [2.24, 2.45) is 11.5 Å². The predicted molar refractivity (Wildman–Crippen MR) is 365 cm³/mol. The number of halogens is 3. The highest BCUT2D eigenvalue weighted by molar-refractivity contribution is 6.00. The van der Waals surface area contributed by atoms with Crippen LogP contribution in [0.1, 0.15) is 106 Å². The summed E-state index contributed by atoms with van der Waals surface area (Å²) in [7, 11) is 1.46. The van der Waals surface area contributed by atoms with Crippen LogP contribution in [0, 0.1) is 11.6 Å². The van der Waals surface area contributed by atoms with Gasteiger partial charge in [0.2, 0.25) is 59.1 Å². The average Bonchev–Trinajstić information content (AvgIpc) is 1.57. The number of H-pyrrole nitrogens is 2. The third-order valence-corrected chi connectivity index (χ3v) is 18.8. The molecule has 14 N–H and O–H groups in total. The summed E-state index contributed by atoms with van der Waals surface area (Å²) in [5.41, 5.74) is 13.7. The van der Waals surface area contributed by atoms with E-state index in [9.17, 15) is 47.4 Å². The van der Waals surface area contributed by atoms with Gasteiger partial charge in [0.1, 0.15) is 77.4 Å². The van der Waals surface area contributed by atoms with Crippen molar-refractivity contribution < 1.29 is 71.0 Å². The standard InChI is InChI=1S/C72H88F3N13O12/c1-40-64(92)82-57(32-45-37-78-53-25-21-47(73)34-51(45)53)66(94)83-59(33-46-38-79-54-26-22-48(74)35-52(46)54)69(97)87-39-49(75)36-60(87)67(95)86-62(41(2)89)68(96)84-58(31-44-19-23-50(100-4)24-20-44)70(98)88-29-11-27-72(88,3)71(99)85-56(63(77)91)30-43-17-15-42(16-18-43)12-7-5-6-8-14-61(90)81-55(65(93)80-40)13-9-10-28-76/h5,7,15-26,34-35,37-38,40-41,49,55-60,62,78-79,89H,6,8-14,27-33,36,39,76H2,1-4H3,(H2,77,91)(H,80,93)(H,81,90)(H,82,92)(H,83,94)(H,84,96)(H,85,99)(H,86,95)/t40-,41-,49+,55+,56+,57+,58+,59+,60+,62+,72+/m1/s1. The van der Waals surface area contributed by atoms with Crippen LogP contribution in [0.25, 0.3) is 21.8 Å². The quantitative estimate of drug-likeness (QED) is 0.0450. The van der Waals surface area contributed by atoms with E-state index in [1.54, 1.807) is 36.4 Å². The molecule has 100 heavy (non-hydrogen) atoms. The van der Waals surface area contributed by atoms with Crippen LogP contribution in [0.2, 0.25) is 0 Å². The van der Waals surface area contributed by atoms with E-state index in [-0.39, 0.29) is 56.0 Å². The van der Waals surface area contributed by atoms with Crippen molar-refractivity contribution in [2.45, 2.75) is 177 Å². The Hall–Kier alpha value is -10.1. The van der Waals surface area contributed by atoms with E-state index in [0.717, 1.165) is 10.5 Å². The molecule has 25 nitrogen and oxygen atoms in total. The number of aliphatic hydroxyl groups excluding tert-OH is 1. The minimum atomic E-state index is -1.89. The van der Waals surface area contributed by atoms with Gasteiger partial charge in [-0.05, 0) is 155 Å². The second-order valence-electron chi connectivity index (χ2n) is 26.2. The summed E-state index contributed by atoms with van der Waals surface area (Å²) < 4.78 is 51.4. The number of carbonyl (C=O) groups is 10. The summed E-state index contributed by atoms with van der Waals surface area (Å²) in [6, 6.07) is 9.42. The molecule has 2 fully saturated rings. The molecule has 10 amide bonds. The lowest BCUT2D eigenvalue weighted by molar-refractivity contribution is -0.147. The highest BCUT2D eigenvalue weighted by Crippen LogP contribution is 2.32. The maximum Gasteiger partial charge on any atom is 0.246 e. The van der Waals surface area contributed by atoms with Crippen molar-refractivity contribution in [1.82, 2.24) is 57.0 Å². The molecular weight excluding hydrogens is 1300 g/mol. The molecule has 0 unspecified atom stereocenters. The van der Waals surface area contributed by atoms with Crippen LogP contribution in [0.5, 0.6) is 5.75 Å². The number of ether oxygens (including phenoxy) is 1. The zero-order valence-corrected chi connectivity index (χ0v) is 56.3.